The Labute approximate surface area is 143 Å². The summed E-state index contributed by atoms with van der Waals surface area (Å²) in [5, 5.41) is 5.10. The number of rotatable bonds is 1. The van der Waals surface area contributed by atoms with E-state index in [0.29, 0.717) is 6.04 Å². The molecule has 2 nitrogen and oxygen atoms in total. The number of aromatic nitrogens is 1. The summed E-state index contributed by atoms with van der Waals surface area (Å²) >= 11 is 0. The molecule has 122 valence electrons. The van der Waals surface area contributed by atoms with Gasteiger partial charge in [0.05, 0.1) is 6.04 Å². The van der Waals surface area contributed by atoms with Gasteiger partial charge < -0.3 is 10.3 Å². The van der Waals surface area contributed by atoms with Crippen molar-refractivity contribution in [1.82, 2.24) is 10.3 Å². The first-order valence-corrected chi connectivity index (χ1v) is 9.01. The molecule has 0 spiro atoms. The van der Waals surface area contributed by atoms with E-state index in [0.717, 1.165) is 19.4 Å². The molecular weight excluding hydrogens is 292 g/mol. The van der Waals surface area contributed by atoms with Crippen LogP contribution in [0.25, 0.3) is 17.0 Å². The molecule has 0 fully saturated rings. The lowest BCUT2D eigenvalue weighted by Crippen LogP contribution is -2.31. The van der Waals surface area contributed by atoms with Gasteiger partial charge >= 0.3 is 0 Å². The summed E-state index contributed by atoms with van der Waals surface area (Å²) in [6, 6.07) is 17.7. The molecule has 1 aliphatic carbocycles. The minimum Gasteiger partial charge on any atom is -0.357 e. The minimum absolute atomic E-state index is 0.323. The molecule has 0 amide bonds. The molecule has 3 aromatic rings. The van der Waals surface area contributed by atoms with Crippen molar-refractivity contribution in [2.45, 2.75) is 32.7 Å². The Hall–Kier alpha value is -2.32. The molecule has 1 unspecified atom stereocenters. The predicted octanol–water partition coefficient (Wildman–Crippen LogP) is 5.02. The van der Waals surface area contributed by atoms with E-state index in [4.69, 9.17) is 0 Å². The summed E-state index contributed by atoms with van der Waals surface area (Å²) in [4.78, 5) is 3.67. The summed E-state index contributed by atoms with van der Waals surface area (Å²) in [7, 11) is 0. The number of para-hydroxylation sites is 1. The van der Waals surface area contributed by atoms with Crippen LogP contribution in [0.15, 0.2) is 54.1 Å². The molecule has 1 atom stereocenters. The summed E-state index contributed by atoms with van der Waals surface area (Å²) in [6.07, 6.45) is 4.53. The minimum atomic E-state index is 0.323. The lowest BCUT2D eigenvalue weighted by molar-refractivity contribution is 0.548. The second-order valence-corrected chi connectivity index (χ2v) is 6.29. The fourth-order valence-corrected chi connectivity index (χ4v) is 3.99. The summed E-state index contributed by atoms with van der Waals surface area (Å²) < 4.78 is 0. The van der Waals surface area contributed by atoms with E-state index in [1.54, 1.807) is 0 Å². The third kappa shape index (κ3) is 2.38. The highest BCUT2D eigenvalue weighted by atomic mass is 15.0. The number of hydrogen-bond acceptors (Lipinski definition) is 1. The Morgan fingerprint density at radius 2 is 1.75 bits per heavy atom. The molecule has 2 aliphatic rings. The molecule has 5 rings (SSSR count). The van der Waals surface area contributed by atoms with Gasteiger partial charge in [0.25, 0.3) is 0 Å². The van der Waals surface area contributed by atoms with Gasteiger partial charge in [-0.15, -0.1) is 0 Å². The molecule has 1 aliphatic heterocycles. The molecule has 24 heavy (non-hydrogen) atoms. The van der Waals surface area contributed by atoms with Gasteiger partial charge in [-0.25, -0.2) is 0 Å². The maximum absolute atomic E-state index is 3.71. The van der Waals surface area contributed by atoms with Gasteiger partial charge in [0.2, 0.25) is 0 Å². The van der Waals surface area contributed by atoms with Crippen molar-refractivity contribution in [2.24, 2.45) is 0 Å². The molecular formula is C22H24N2. The van der Waals surface area contributed by atoms with Crippen LogP contribution < -0.4 is 5.32 Å². The Morgan fingerprint density at radius 1 is 0.958 bits per heavy atom. The highest BCUT2D eigenvalue weighted by Gasteiger charge is 2.28. The first-order valence-electron chi connectivity index (χ1n) is 9.01. The predicted molar refractivity (Wildman–Crippen MR) is 102 cm³/mol. The molecule has 2 heteroatoms. The first-order chi connectivity index (χ1) is 11.9. The van der Waals surface area contributed by atoms with Gasteiger partial charge in [-0.1, -0.05) is 62.4 Å². The number of fused-ring (bicyclic) bond motifs is 4. The zero-order valence-corrected chi connectivity index (χ0v) is 14.4. The van der Waals surface area contributed by atoms with Gasteiger partial charge in [0.1, 0.15) is 0 Å². The Balaban J connectivity index is 0.000000704. The van der Waals surface area contributed by atoms with Crippen LogP contribution in [0.2, 0.25) is 0 Å². The molecule has 2 aromatic carbocycles. The average molecular weight is 316 g/mol. The lowest BCUT2D eigenvalue weighted by atomic mass is 9.93. The fraction of sp³-hybridized carbons (Fsp3) is 0.273. The number of nitrogens with one attached hydrogen (secondary N) is 2. The van der Waals surface area contributed by atoms with E-state index in [1.165, 1.54) is 38.9 Å². The van der Waals surface area contributed by atoms with Crippen molar-refractivity contribution >= 4 is 17.0 Å². The van der Waals surface area contributed by atoms with E-state index in [1.807, 2.05) is 13.8 Å². The Kier molecular flexibility index (Phi) is 3.99. The van der Waals surface area contributed by atoms with Gasteiger partial charge in [-0.3, -0.25) is 0 Å². The summed E-state index contributed by atoms with van der Waals surface area (Å²) in [6.45, 7) is 5.05. The van der Waals surface area contributed by atoms with E-state index >= 15 is 0 Å². The zero-order valence-electron chi connectivity index (χ0n) is 14.4. The van der Waals surface area contributed by atoms with Crippen molar-refractivity contribution in [3.8, 4) is 0 Å². The van der Waals surface area contributed by atoms with Gasteiger partial charge in [-0.05, 0) is 41.2 Å². The Morgan fingerprint density at radius 3 is 2.62 bits per heavy atom. The SMILES string of the molecule is C1=C(C2NCCc3c2[nH]c2ccccc32)Cc2ccccc21.CC. The second kappa shape index (κ2) is 6.29. The van der Waals surface area contributed by atoms with Gasteiger partial charge in [0, 0.05) is 23.1 Å². The third-order valence-electron chi connectivity index (χ3n) is 5.02. The largest absolute Gasteiger partial charge is 0.357 e. The van der Waals surface area contributed by atoms with Crippen molar-refractivity contribution in [3.05, 3.63) is 76.5 Å². The molecule has 0 radical (unpaired) electrons. The van der Waals surface area contributed by atoms with Crippen molar-refractivity contribution in [2.75, 3.05) is 6.54 Å². The zero-order chi connectivity index (χ0) is 16.5. The van der Waals surface area contributed by atoms with Crippen LogP contribution >= 0.6 is 0 Å². The smallest absolute Gasteiger partial charge is 0.0698 e. The van der Waals surface area contributed by atoms with Crippen molar-refractivity contribution in [1.29, 1.82) is 0 Å². The topological polar surface area (TPSA) is 27.8 Å². The normalized spacial score (nSPS) is 18.4. The number of aromatic amines is 1. The Bertz CT molecular complexity index is 901. The highest BCUT2D eigenvalue weighted by Crippen LogP contribution is 2.38. The maximum Gasteiger partial charge on any atom is 0.0698 e. The van der Waals surface area contributed by atoms with E-state index in [2.05, 4.69) is 64.9 Å². The fourth-order valence-electron chi connectivity index (χ4n) is 3.99. The van der Waals surface area contributed by atoms with Gasteiger partial charge in [0.15, 0.2) is 0 Å². The summed E-state index contributed by atoms with van der Waals surface area (Å²) in [5.74, 6) is 0. The number of H-pyrrole nitrogens is 1. The van der Waals surface area contributed by atoms with Crippen LogP contribution in [0.1, 0.15) is 42.3 Å². The van der Waals surface area contributed by atoms with Crippen molar-refractivity contribution < 1.29 is 0 Å². The third-order valence-corrected chi connectivity index (χ3v) is 5.02. The highest BCUT2D eigenvalue weighted by molar-refractivity contribution is 5.85. The van der Waals surface area contributed by atoms with Crippen LogP contribution in [-0.4, -0.2) is 11.5 Å². The molecule has 0 saturated heterocycles. The lowest BCUT2D eigenvalue weighted by Gasteiger charge is -2.25. The van der Waals surface area contributed by atoms with Crippen LogP contribution in [0.4, 0.5) is 0 Å². The monoisotopic (exact) mass is 316 g/mol. The van der Waals surface area contributed by atoms with Gasteiger partial charge in [-0.2, -0.15) is 0 Å². The molecule has 2 heterocycles. The number of hydrogen-bond donors (Lipinski definition) is 2. The molecule has 0 bridgehead atoms. The van der Waals surface area contributed by atoms with Crippen LogP contribution in [0.3, 0.4) is 0 Å². The standard InChI is InChI=1S/C20H18N2.C2H6/c1-2-6-14-12-15(11-13(14)5-1)19-20-17(9-10-21-19)16-7-3-4-8-18(16)22-20;1-2/h1-8,11,19,21-22H,9-10,12H2;1-2H3. The second-order valence-electron chi connectivity index (χ2n) is 6.29. The first kappa shape index (κ1) is 15.2. The van der Waals surface area contributed by atoms with E-state index in [9.17, 15) is 0 Å². The molecule has 0 saturated carbocycles. The maximum atomic E-state index is 3.71. The van der Waals surface area contributed by atoms with Crippen LogP contribution in [0, 0.1) is 0 Å². The van der Waals surface area contributed by atoms with Crippen LogP contribution in [0.5, 0.6) is 0 Å². The quantitative estimate of drug-likeness (QED) is 0.648. The summed E-state index contributed by atoms with van der Waals surface area (Å²) in [5.41, 5.74) is 8.43. The van der Waals surface area contributed by atoms with E-state index < -0.39 is 0 Å². The average Bonchev–Trinajstić information content (AvgIpc) is 3.24. The number of benzene rings is 2. The molecule has 2 N–H and O–H groups in total. The van der Waals surface area contributed by atoms with E-state index in [-0.39, 0.29) is 0 Å². The van der Waals surface area contributed by atoms with Crippen LogP contribution in [-0.2, 0) is 12.8 Å². The van der Waals surface area contributed by atoms with Crippen molar-refractivity contribution in [3.63, 3.8) is 0 Å². The molecule has 1 aromatic heterocycles.